The van der Waals surface area contributed by atoms with Crippen LogP contribution >= 0.6 is 0 Å². The van der Waals surface area contributed by atoms with Crippen LogP contribution < -0.4 is 11.1 Å². The molecule has 0 atom stereocenters. The van der Waals surface area contributed by atoms with Gasteiger partial charge >= 0.3 is 0 Å². The molecule has 114 valence electrons. The lowest BCUT2D eigenvalue weighted by Crippen LogP contribution is -2.34. The molecule has 0 aromatic carbocycles. The summed E-state index contributed by atoms with van der Waals surface area (Å²) >= 11 is 0. The summed E-state index contributed by atoms with van der Waals surface area (Å²) in [7, 11) is 3.65. The van der Waals surface area contributed by atoms with Gasteiger partial charge in [-0.3, -0.25) is 9.89 Å². The van der Waals surface area contributed by atoms with Gasteiger partial charge in [0.15, 0.2) is 5.69 Å². The Bertz CT molecular complexity index is 430. The zero-order valence-corrected chi connectivity index (χ0v) is 12.7. The Kier molecular flexibility index (Phi) is 6.47. The van der Waals surface area contributed by atoms with Gasteiger partial charge < -0.3 is 20.7 Å². The van der Waals surface area contributed by atoms with Gasteiger partial charge in [-0.05, 0) is 13.0 Å². The highest BCUT2D eigenvalue weighted by molar-refractivity contribution is 5.97. The molecule has 1 heterocycles. The molecule has 0 fully saturated rings. The number of nitrogens with zero attached hydrogens (tertiary/aromatic N) is 2. The molecular weight excluding hydrogens is 258 g/mol. The maximum Gasteiger partial charge on any atom is 0.273 e. The van der Waals surface area contributed by atoms with Crippen LogP contribution in [0.5, 0.6) is 0 Å². The zero-order valence-electron chi connectivity index (χ0n) is 12.7. The lowest BCUT2D eigenvalue weighted by atomic mass is 10.1. The molecule has 0 saturated carbocycles. The molecule has 0 aliphatic carbocycles. The number of nitrogens with one attached hydrogen (secondary N) is 2. The van der Waals surface area contributed by atoms with Crippen LogP contribution in [0.15, 0.2) is 0 Å². The van der Waals surface area contributed by atoms with E-state index >= 15 is 0 Å². The van der Waals surface area contributed by atoms with E-state index in [4.69, 9.17) is 10.5 Å². The van der Waals surface area contributed by atoms with E-state index in [1.165, 1.54) is 0 Å². The van der Waals surface area contributed by atoms with E-state index < -0.39 is 0 Å². The molecule has 4 N–H and O–H groups in total. The van der Waals surface area contributed by atoms with Crippen LogP contribution in [0.2, 0.25) is 0 Å². The molecule has 0 aliphatic heterocycles. The number of ether oxygens (including phenoxy) is 1. The van der Waals surface area contributed by atoms with Crippen molar-refractivity contribution in [3.63, 3.8) is 0 Å². The third-order valence-electron chi connectivity index (χ3n) is 3.08. The van der Waals surface area contributed by atoms with E-state index in [-0.39, 0.29) is 17.5 Å². The maximum absolute atomic E-state index is 12.0. The number of aromatic amines is 1. The molecule has 1 amide bonds. The number of hydrogen-bond acceptors (Lipinski definition) is 5. The monoisotopic (exact) mass is 283 g/mol. The summed E-state index contributed by atoms with van der Waals surface area (Å²) in [6.07, 6.45) is 0. The zero-order chi connectivity index (χ0) is 15.1. The third-order valence-corrected chi connectivity index (χ3v) is 3.08. The number of H-pyrrole nitrogens is 1. The SMILES string of the molecule is COCCN(C)CCNC(=O)c1n[nH]c(C(C)C)c1N. The Morgan fingerprint density at radius 3 is 2.75 bits per heavy atom. The van der Waals surface area contributed by atoms with Crippen LogP contribution in [0, 0.1) is 0 Å². The lowest BCUT2D eigenvalue weighted by molar-refractivity contribution is 0.0943. The van der Waals surface area contributed by atoms with E-state index in [2.05, 4.69) is 20.4 Å². The van der Waals surface area contributed by atoms with Crippen molar-refractivity contribution in [1.82, 2.24) is 20.4 Å². The summed E-state index contributed by atoms with van der Waals surface area (Å²) in [6.45, 7) is 6.79. The second kappa shape index (κ2) is 7.86. The number of methoxy groups -OCH3 is 1. The lowest BCUT2D eigenvalue weighted by Gasteiger charge is -2.15. The molecule has 0 spiro atoms. The van der Waals surface area contributed by atoms with E-state index in [0.29, 0.717) is 18.8 Å². The molecule has 0 radical (unpaired) electrons. The minimum atomic E-state index is -0.245. The van der Waals surface area contributed by atoms with Crippen molar-refractivity contribution in [2.24, 2.45) is 0 Å². The van der Waals surface area contributed by atoms with Gasteiger partial charge in [-0.2, -0.15) is 5.10 Å². The number of anilines is 1. The number of carbonyl (C=O) groups excluding carboxylic acids is 1. The first kappa shape index (κ1) is 16.5. The van der Waals surface area contributed by atoms with Crippen molar-refractivity contribution in [2.75, 3.05) is 46.1 Å². The highest BCUT2D eigenvalue weighted by atomic mass is 16.5. The molecule has 0 bridgehead atoms. The van der Waals surface area contributed by atoms with Crippen LogP contribution in [0.4, 0.5) is 5.69 Å². The number of aromatic nitrogens is 2. The van der Waals surface area contributed by atoms with E-state index in [0.717, 1.165) is 18.8 Å². The number of carbonyl (C=O) groups is 1. The van der Waals surface area contributed by atoms with Crippen molar-refractivity contribution >= 4 is 11.6 Å². The average molecular weight is 283 g/mol. The molecule has 1 aromatic rings. The fourth-order valence-corrected chi connectivity index (χ4v) is 1.78. The quantitative estimate of drug-likeness (QED) is 0.642. The number of hydrogen-bond donors (Lipinski definition) is 3. The molecule has 0 saturated heterocycles. The molecule has 1 aromatic heterocycles. The number of nitrogen functional groups attached to an aromatic ring is 1. The average Bonchev–Trinajstić information content (AvgIpc) is 2.78. The molecule has 0 unspecified atom stereocenters. The van der Waals surface area contributed by atoms with Crippen molar-refractivity contribution in [3.8, 4) is 0 Å². The summed E-state index contributed by atoms with van der Waals surface area (Å²) in [4.78, 5) is 14.1. The molecule has 7 nitrogen and oxygen atoms in total. The van der Waals surface area contributed by atoms with Gasteiger partial charge in [0, 0.05) is 26.7 Å². The van der Waals surface area contributed by atoms with Gasteiger partial charge in [0.2, 0.25) is 0 Å². The predicted octanol–water partition coefficient (Wildman–Crippen LogP) is 0.423. The minimum Gasteiger partial charge on any atom is -0.395 e. The Labute approximate surface area is 119 Å². The molecule has 0 aliphatic rings. The standard InChI is InChI=1S/C13H25N5O2/c1-9(2)11-10(14)12(17-16-11)13(19)15-5-6-18(3)7-8-20-4/h9H,5-8,14H2,1-4H3,(H,15,19)(H,16,17). The van der Waals surface area contributed by atoms with Gasteiger partial charge in [-0.25, -0.2) is 0 Å². The second-order valence-electron chi connectivity index (χ2n) is 5.11. The van der Waals surface area contributed by atoms with Crippen LogP contribution in [0.25, 0.3) is 0 Å². The first-order valence-corrected chi connectivity index (χ1v) is 6.76. The summed E-state index contributed by atoms with van der Waals surface area (Å²) < 4.78 is 4.99. The van der Waals surface area contributed by atoms with Crippen LogP contribution in [-0.2, 0) is 4.74 Å². The number of amides is 1. The predicted molar refractivity (Wildman–Crippen MR) is 78.8 cm³/mol. The van der Waals surface area contributed by atoms with Gasteiger partial charge in [-0.15, -0.1) is 0 Å². The molecular formula is C13H25N5O2. The summed E-state index contributed by atoms with van der Waals surface area (Å²) in [5, 5.41) is 9.62. The Morgan fingerprint density at radius 2 is 2.20 bits per heavy atom. The molecule has 7 heteroatoms. The summed E-state index contributed by atoms with van der Waals surface area (Å²) in [5.74, 6) is -0.0324. The largest absolute Gasteiger partial charge is 0.395 e. The van der Waals surface area contributed by atoms with Crippen molar-refractivity contribution in [3.05, 3.63) is 11.4 Å². The summed E-state index contributed by atoms with van der Waals surface area (Å²) in [5.41, 5.74) is 7.43. The van der Waals surface area contributed by atoms with Gasteiger partial charge in [0.1, 0.15) is 0 Å². The van der Waals surface area contributed by atoms with Crippen molar-refractivity contribution in [2.45, 2.75) is 19.8 Å². The normalized spacial score (nSPS) is 11.3. The van der Waals surface area contributed by atoms with Crippen molar-refractivity contribution < 1.29 is 9.53 Å². The van der Waals surface area contributed by atoms with Crippen LogP contribution in [-0.4, -0.2) is 61.4 Å². The highest BCUT2D eigenvalue weighted by Crippen LogP contribution is 2.21. The fourth-order valence-electron chi connectivity index (χ4n) is 1.78. The smallest absolute Gasteiger partial charge is 0.273 e. The minimum absolute atomic E-state index is 0.212. The summed E-state index contributed by atoms with van der Waals surface area (Å²) in [6, 6.07) is 0. The number of likely N-dealkylation sites (N-methyl/N-ethyl adjacent to an activating group) is 1. The highest BCUT2D eigenvalue weighted by Gasteiger charge is 2.18. The third kappa shape index (κ3) is 4.50. The van der Waals surface area contributed by atoms with E-state index in [9.17, 15) is 4.79 Å². The Morgan fingerprint density at radius 1 is 1.50 bits per heavy atom. The molecule has 20 heavy (non-hydrogen) atoms. The number of rotatable bonds is 8. The maximum atomic E-state index is 12.0. The Balaban J connectivity index is 2.43. The Hall–Kier alpha value is -1.60. The van der Waals surface area contributed by atoms with Crippen LogP contribution in [0.3, 0.4) is 0 Å². The van der Waals surface area contributed by atoms with E-state index in [1.807, 2.05) is 20.9 Å². The van der Waals surface area contributed by atoms with Crippen LogP contribution in [0.1, 0.15) is 35.9 Å². The number of nitrogens with two attached hydrogens (primary N) is 1. The molecule has 1 rings (SSSR count). The van der Waals surface area contributed by atoms with Gasteiger partial charge in [-0.1, -0.05) is 13.8 Å². The van der Waals surface area contributed by atoms with Gasteiger partial charge in [0.05, 0.1) is 18.0 Å². The second-order valence-corrected chi connectivity index (χ2v) is 5.11. The fraction of sp³-hybridized carbons (Fsp3) is 0.692. The first-order chi connectivity index (χ1) is 9.47. The first-order valence-electron chi connectivity index (χ1n) is 6.76. The van der Waals surface area contributed by atoms with E-state index in [1.54, 1.807) is 7.11 Å². The van der Waals surface area contributed by atoms with Gasteiger partial charge in [0.25, 0.3) is 5.91 Å². The topological polar surface area (TPSA) is 96.3 Å². The van der Waals surface area contributed by atoms with Crippen molar-refractivity contribution in [1.29, 1.82) is 0 Å².